The van der Waals surface area contributed by atoms with Gasteiger partial charge >= 0.3 is 0 Å². The van der Waals surface area contributed by atoms with Crippen LogP contribution in [0.1, 0.15) is 34.5 Å². The van der Waals surface area contributed by atoms with Crippen molar-refractivity contribution in [2.75, 3.05) is 12.3 Å². The molecule has 2 heterocycles. The standard InChI is InChI=1S/C27H24FN5O/c1-17(19-7-3-2-4-8-19)33-25(29)23(24-26(33)32-22-10-6-5-9-21(22)31-24)27(34)30-16-15-18-11-13-20(28)14-12-18/h2-14,17H,15-16,29H2,1H3,(H,30,34)/t17-/m0/s1. The Morgan fingerprint density at radius 2 is 1.62 bits per heavy atom. The molecule has 7 heteroatoms. The van der Waals surface area contributed by atoms with Crippen LogP contribution in [-0.4, -0.2) is 27.0 Å². The summed E-state index contributed by atoms with van der Waals surface area (Å²) >= 11 is 0. The molecule has 1 atom stereocenters. The summed E-state index contributed by atoms with van der Waals surface area (Å²) < 4.78 is 15.0. The molecule has 5 aromatic rings. The van der Waals surface area contributed by atoms with Gasteiger partial charge in [-0.3, -0.25) is 4.79 Å². The van der Waals surface area contributed by atoms with E-state index in [1.165, 1.54) is 12.1 Å². The van der Waals surface area contributed by atoms with Crippen molar-refractivity contribution >= 4 is 33.9 Å². The molecule has 6 nitrogen and oxygen atoms in total. The van der Waals surface area contributed by atoms with Gasteiger partial charge in [-0.2, -0.15) is 0 Å². The average molecular weight is 454 g/mol. The van der Waals surface area contributed by atoms with Crippen molar-refractivity contribution in [1.82, 2.24) is 19.9 Å². The first-order chi connectivity index (χ1) is 16.5. The van der Waals surface area contributed by atoms with E-state index in [0.717, 1.165) is 16.6 Å². The number of carbonyl (C=O) groups excluding carboxylic acids is 1. The first-order valence-corrected chi connectivity index (χ1v) is 11.2. The second kappa shape index (κ2) is 8.94. The summed E-state index contributed by atoms with van der Waals surface area (Å²) in [4.78, 5) is 22.9. The van der Waals surface area contributed by atoms with Crippen molar-refractivity contribution in [2.45, 2.75) is 19.4 Å². The number of nitrogens with one attached hydrogen (secondary N) is 1. The first-order valence-electron chi connectivity index (χ1n) is 11.2. The smallest absolute Gasteiger partial charge is 0.257 e. The second-order valence-electron chi connectivity index (χ2n) is 8.23. The Kier molecular flexibility index (Phi) is 5.67. The van der Waals surface area contributed by atoms with Crippen LogP contribution >= 0.6 is 0 Å². The maximum Gasteiger partial charge on any atom is 0.257 e. The number of para-hydroxylation sites is 2. The van der Waals surface area contributed by atoms with Crippen LogP contribution in [0.2, 0.25) is 0 Å². The highest BCUT2D eigenvalue weighted by atomic mass is 19.1. The first kappa shape index (κ1) is 21.6. The third-order valence-corrected chi connectivity index (χ3v) is 6.04. The van der Waals surface area contributed by atoms with E-state index in [-0.39, 0.29) is 17.8 Å². The van der Waals surface area contributed by atoms with E-state index in [4.69, 9.17) is 15.7 Å². The molecule has 0 bridgehead atoms. The van der Waals surface area contributed by atoms with E-state index in [9.17, 15) is 9.18 Å². The van der Waals surface area contributed by atoms with Gasteiger partial charge in [-0.25, -0.2) is 14.4 Å². The highest BCUT2D eigenvalue weighted by molar-refractivity contribution is 6.10. The van der Waals surface area contributed by atoms with Gasteiger partial charge in [0, 0.05) is 6.54 Å². The van der Waals surface area contributed by atoms with Crippen molar-refractivity contribution < 1.29 is 9.18 Å². The number of nitrogens with zero attached hydrogens (tertiary/aromatic N) is 3. The highest BCUT2D eigenvalue weighted by Gasteiger charge is 2.26. The minimum absolute atomic E-state index is 0.153. The summed E-state index contributed by atoms with van der Waals surface area (Å²) in [6.45, 7) is 2.41. The van der Waals surface area contributed by atoms with Crippen molar-refractivity contribution in [2.24, 2.45) is 0 Å². The molecule has 0 saturated heterocycles. The molecule has 34 heavy (non-hydrogen) atoms. The van der Waals surface area contributed by atoms with E-state index in [0.29, 0.717) is 41.0 Å². The summed E-state index contributed by atoms with van der Waals surface area (Å²) in [5, 5.41) is 2.94. The second-order valence-corrected chi connectivity index (χ2v) is 8.23. The molecule has 0 saturated carbocycles. The molecule has 0 aliphatic heterocycles. The number of hydrogen-bond acceptors (Lipinski definition) is 4. The lowest BCUT2D eigenvalue weighted by Crippen LogP contribution is -2.26. The molecule has 3 aromatic carbocycles. The van der Waals surface area contributed by atoms with Crippen molar-refractivity contribution in [3.8, 4) is 0 Å². The van der Waals surface area contributed by atoms with Gasteiger partial charge in [0.05, 0.1) is 17.1 Å². The molecule has 0 fully saturated rings. The maximum absolute atomic E-state index is 13.3. The van der Waals surface area contributed by atoms with Gasteiger partial charge in [0.1, 0.15) is 22.7 Å². The van der Waals surface area contributed by atoms with Crippen molar-refractivity contribution in [1.29, 1.82) is 0 Å². The molecule has 0 unspecified atom stereocenters. The molecule has 0 aliphatic rings. The van der Waals surface area contributed by atoms with Crippen LogP contribution < -0.4 is 11.1 Å². The van der Waals surface area contributed by atoms with Gasteiger partial charge < -0.3 is 15.6 Å². The number of fused-ring (bicyclic) bond motifs is 2. The van der Waals surface area contributed by atoms with Gasteiger partial charge in [-0.15, -0.1) is 0 Å². The van der Waals surface area contributed by atoms with Crippen LogP contribution in [0.15, 0.2) is 78.9 Å². The molecule has 3 N–H and O–H groups in total. The molecular formula is C27H24FN5O. The molecule has 5 rings (SSSR count). The zero-order chi connectivity index (χ0) is 23.7. The zero-order valence-corrected chi connectivity index (χ0v) is 18.7. The molecular weight excluding hydrogens is 429 g/mol. The number of nitrogen functional groups attached to an aromatic ring is 1. The number of amides is 1. The fourth-order valence-electron chi connectivity index (χ4n) is 4.24. The number of benzene rings is 3. The number of hydrogen-bond donors (Lipinski definition) is 2. The zero-order valence-electron chi connectivity index (χ0n) is 18.7. The molecule has 0 aliphatic carbocycles. The van der Waals surface area contributed by atoms with E-state index < -0.39 is 0 Å². The minimum Gasteiger partial charge on any atom is -0.384 e. The Hall–Kier alpha value is -4.26. The average Bonchev–Trinajstić information content (AvgIpc) is 3.14. The number of carbonyl (C=O) groups is 1. The Morgan fingerprint density at radius 1 is 0.971 bits per heavy atom. The van der Waals surface area contributed by atoms with Crippen LogP contribution in [-0.2, 0) is 6.42 Å². The molecule has 0 radical (unpaired) electrons. The quantitative estimate of drug-likeness (QED) is 0.383. The number of aromatic nitrogens is 3. The lowest BCUT2D eigenvalue weighted by atomic mass is 10.1. The fraction of sp³-hybridized carbons (Fsp3) is 0.148. The third-order valence-electron chi connectivity index (χ3n) is 6.04. The van der Waals surface area contributed by atoms with Crippen LogP contribution in [0.25, 0.3) is 22.2 Å². The molecule has 2 aromatic heterocycles. The van der Waals surface area contributed by atoms with Gasteiger partial charge in [0.25, 0.3) is 5.91 Å². The summed E-state index contributed by atoms with van der Waals surface area (Å²) in [7, 11) is 0. The predicted octanol–water partition coefficient (Wildman–Crippen LogP) is 4.89. The topological polar surface area (TPSA) is 85.8 Å². The normalized spacial score (nSPS) is 12.2. The van der Waals surface area contributed by atoms with Crippen LogP contribution in [0, 0.1) is 5.82 Å². The van der Waals surface area contributed by atoms with E-state index >= 15 is 0 Å². The van der Waals surface area contributed by atoms with E-state index in [2.05, 4.69) is 5.32 Å². The SMILES string of the molecule is C[C@@H](c1ccccc1)n1c(N)c(C(=O)NCCc2ccc(F)cc2)c2nc3ccccc3nc21. The summed E-state index contributed by atoms with van der Waals surface area (Å²) in [6.07, 6.45) is 0.569. The number of nitrogens with two attached hydrogens (primary N) is 1. The lowest BCUT2D eigenvalue weighted by Gasteiger charge is -2.17. The Morgan fingerprint density at radius 3 is 2.32 bits per heavy atom. The predicted molar refractivity (Wildman–Crippen MR) is 132 cm³/mol. The van der Waals surface area contributed by atoms with Gasteiger partial charge in [-0.1, -0.05) is 54.6 Å². The molecule has 0 spiro atoms. The largest absolute Gasteiger partial charge is 0.384 e. The monoisotopic (exact) mass is 453 g/mol. The Balaban J connectivity index is 1.55. The summed E-state index contributed by atoms with van der Waals surface area (Å²) in [6, 6.07) is 23.6. The van der Waals surface area contributed by atoms with Crippen LogP contribution in [0.4, 0.5) is 10.2 Å². The lowest BCUT2D eigenvalue weighted by molar-refractivity contribution is 0.0956. The maximum atomic E-state index is 13.3. The Bertz CT molecular complexity index is 1480. The third kappa shape index (κ3) is 3.96. The molecule has 1 amide bonds. The van der Waals surface area contributed by atoms with Crippen molar-refractivity contribution in [3.63, 3.8) is 0 Å². The molecule has 170 valence electrons. The van der Waals surface area contributed by atoms with Gasteiger partial charge in [0.2, 0.25) is 0 Å². The van der Waals surface area contributed by atoms with Crippen LogP contribution in [0.5, 0.6) is 0 Å². The van der Waals surface area contributed by atoms with Gasteiger partial charge in [-0.05, 0) is 48.7 Å². The number of anilines is 1. The van der Waals surface area contributed by atoms with Gasteiger partial charge in [0.15, 0.2) is 5.65 Å². The fourth-order valence-corrected chi connectivity index (χ4v) is 4.24. The van der Waals surface area contributed by atoms with Crippen LogP contribution in [0.3, 0.4) is 0 Å². The summed E-state index contributed by atoms with van der Waals surface area (Å²) in [5.41, 5.74) is 11.4. The highest BCUT2D eigenvalue weighted by Crippen LogP contribution is 2.33. The van der Waals surface area contributed by atoms with E-state index in [1.54, 1.807) is 12.1 Å². The summed E-state index contributed by atoms with van der Waals surface area (Å²) in [5.74, 6) is -0.277. The number of rotatable bonds is 6. The van der Waals surface area contributed by atoms with Crippen molar-refractivity contribution in [3.05, 3.63) is 101 Å². The van der Waals surface area contributed by atoms with E-state index in [1.807, 2.05) is 66.1 Å². The minimum atomic E-state index is -0.312. The Labute approximate surface area is 196 Å². The number of halogens is 1.